The summed E-state index contributed by atoms with van der Waals surface area (Å²) < 4.78 is 47.1. The van der Waals surface area contributed by atoms with Gasteiger partial charge in [-0.3, -0.25) is 53.0 Å². The minimum atomic E-state index is -4.52. The Bertz CT molecular complexity index is 2600. The number of likely N-dealkylation sites (tertiary alicyclic amines) is 2. The maximum absolute atomic E-state index is 14.4. The van der Waals surface area contributed by atoms with Crippen molar-refractivity contribution in [3.63, 3.8) is 0 Å². The van der Waals surface area contributed by atoms with Crippen LogP contribution in [0.2, 0.25) is 0 Å². The fraction of sp³-hybridized carbons (Fsp3) is 0.729. The van der Waals surface area contributed by atoms with Crippen LogP contribution in [0.15, 0.2) is 29.2 Å². The van der Waals surface area contributed by atoms with E-state index < -0.39 is 100.0 Å². The molecule has 1 aromatic rings. The van der Waals surface area contributed by atoms with Crippen molar-refractivity contribution in [2.24, 2.45) is 35.3 Å². The SMILES string of the molecule is CC[C@H](C)[C@@H]([C@@H](CC(=O)N1CCC[C@H]1[C@H](OC)[C@@H](C)C(=O)NS(=O)(=O)c1ccc(NC(=O)[C@H](CCCNC(N)=O)NC(=O)[C@@H](NC(=O)CCOCCCN2C(=O)CC(SC)C2=O)C(C)C)cc1)OC)N(C)C(=O)[C@@H](NC(=O)[C@H](C(C)C)N(C)C)C(C)C. The molecule has 28 heteroatoms. The van der Waals surface area contributed by atoms with E-state index >= 15 is 0 Å². The van der Waals surface area contributed by atoms with Crippen molar-refractivity contribution in [3.05, 3.63) is 24.3 Å². The van der Waals surface area contributed by atoms with Crippen molar-refractivity contribution in [2.45, 2.75) is 179 Å². The van der Waals surface area contributed by atoms with Gasteiger partial charge >= 0.3 is 6.03 Å². The number of hydrogen-bond donors (Lipinski definition) is 7. The van der Waals surface area contributed by atoms with Crippen LogP contribution in [0.3, 0.4) is 0 Å². The number of imide groups is 1. The number of benzene rings is 1. The van der Waals surface area contributed by atoms with Gasteiger partial charge in [-0.1, -0.05) is 68.7 Å². The lowest BCUT2D eigenvalue weighted by atomic mass is 9.89. The zero-order valence-electron chi connectivity index (χ0n) is 53.6. The van der Waals surface area contributed by atoms with E-state index in [1.807, 2.05) is 60.5 Å². The third kappa shape index (κ3) is 22.0. The Morgan fingerprint density at radius 3 is 1.99 bits per heavy atom. The predicted octanol–water partition coefficient (Wildman–Crippen LogP) is 2.44. The molecule has 2 fully saturated rings. The molecule has 1 unspecified atom stereocenters. The number of rotatable bonds is 37. The maximum atomic E-state index is 14.4. The van der Waals surface area contributed by atoms with E-state index in [-0.39, 0.29) is 122 Å². The molecule has 26 nitrogen and oxygen atoms in total. The van der Waals surface area contributed by atoms with Gasteiger partial charge in [-0.05, 0) is 100 Å². The van der Waals surface area contributed by atoms with E-state index in [1.165, 1.54) is 62.1 Å². The number of amides is 11. The molecule has 2 heterocycles. The highest BCUT2D eigenvalue weighted by molar-refractivity contribution is 8.00. The van der Waals surface area contributed by atoms with Crippen molar-refractivity contribution < 1.29 is 70.6 Å². The Kier molecular flexibility index (Phi) is 31.1. The van der Waals surface area contributed by atoms with E-state index in [1.54, 1.807) is 37.0 Å². The van der Waals surface area contributed by atoms with Gasteiger partial charge in [0.05, 0.1) is 59.4 Å². The molecule has 0 spiro atoms. The molecule has 0 aliphatic carbocycles. The Balaban J connectivity index is 1.69. The quantitative estimate of drug-likeness (QED) is 0.0372. The fourth-order valence-electron chi connectivity index (χ4n) is 11.1. The van der Waals surface area contributed by atoms with Gasteiger partial charge in [0.25, 0.3) is 10.0 Å². The largest absolute Gasteiger partial charge is 0.381 e. The summed E-state index contributed by atoms with van der Waals surface area (Å²) in [7, 11) is 3.63. The van der Waals surface area contributed by atoms with Crippen LogP contribution in [-0.4, -0.2) is 215 Å². The Morgan fingerprint density at radius 2 is 1.45 bits per heavy atom. The van der Waals surface area contributed by atoms with E-state index in [2.05, 4.69) is 31.3 Å². The van der Waals surface area contributed by atoms with Crippen LogP contribution in [0.5, 0.6) is 0 Å². The lowest BCUT2D eigenvalue weighted by Gasteiger charge is -2.41. The number of urea groups is 1. The molecule has 0 saturated carbocycles. The molecule has 8 N–H and O–H groups in total. The molecule has 0 bridgehead atoms. The van der Waals surface area contributed by atoms with Crippen molar-refractivity contribution in [1.82, 2.24) is 45.6 Å². The first-order valence-electron chi connectivity index (χ1n) is 30.0. The minimum absolute atomic E-state index is 0.00128. The van der Waals surface area contributed by atoms with Gasteiger partial charge in [-0.2, -0.15) is 11.8 Å². The van der Waals surface area contributed by atoms with Gasteiger partial charge in [0.1, 0.15) is 18.1 Å². The highest BCUT2D eigenvalue weighted by Gasteiger charge is 2.44. The second-order valence-electron chi connectivity index (χ2n) is 23.8. The molecule has 2 saturated heterocycles. The summed E-state index contributed by atoms with van der Waals surface area (Å²) in [5.74, 6) is -6.09. The van der Waals surface area contributed by atoms with Crippen LogP contribution in [0.1, 0.15) is 120 Å². The third-order valence-corrected chi connectivity index (χ3v) is 18.4. The molecular formula is C59H99N11O15S2. The van der Waals surface area contributed by atoms with Gasteiger partial charge in [-0.15, -0.1) is 0 Å². The first kappa shape index (κ1) is 75.3. The third-order valence-electron chi connectivity index (χ3n) is 16.1. The maximum Gasteiger partial charge on any atom is 0.312 e. The predicted molar refractivity (Wildman–Crippen MR) is 330 cm³/mol. The molecule has 2 aliphatic rings. The van der Waals surface area contributed by atoms with Gasteiger partial charge in [0.2, 0.25) is 53.2 Å². The monoisotopic (exact) mass is 1270 g/mol. The number of methoxy groups -OCH3 is 2. The number of nitrogens with one attached hydrogen (secondary N) is 6. The van der Waals surface area contributed by atoms with Crippen LogP contribution in [0.25, 0.3) is 0 Å². The van der Waals surface area contributed by atoms with E-state index in [0.717, 1.165) is 0 Å². The number of sulfonamides is 1. The number of likely N-dealkylation sites (N-methyl/N-ethyl adjacent to an activating group) is 2. The molecule has 87 heavy (non-hydrogen) atoms. The van der Waals surface area contributed by atoms with Crippen LogP contribution >= 0.6 is 11.8 Å². The first-order valence-corrected chi connectivity index (χ1v) is 32.8. The standard InChI is InChI=1S/C59H99N11O15S2/c1-16-37(8)51(68(12)58(79)49(35(4)5)65-56(77)50(36(6)7)67(10)11)43(83-13)32-46(72)69-28-18-21-42(69)52(84-14)38(9)53(74)66-87(81,82)40-24-22-39(23-25-40)62-54(75)41(20-17-27-61-59(60)80)63-55(76)48(34(2)3)64-45(71)26-31-85-30-19-29-70-47(73)33-44(86-15)57(70)78/h22-25,34-38,41-44,48-52H,16-21,26-33H2,1-15H3,(H,62,75)(H,63,76)(H,64,71)(H,65,77)(H,66,74)(H3,60,61,80)/t37-,38+,41-,42-,43+,44?,48-,49-,50-,51-,52+/m0/s1. The van der Waals surface area contributed by atoms with Gasteiger partial charge < -0.3 is 56.3 Å². The van der Waals surface area contributed by atoms with Gasteiger partial charge in [-0.25, -0.2) is 17.9 Å². The molecule has 492 valence electrons. The van der Waals surface area contributed by atoms with Gasteiger partial charge in [0, 0.05) is 66.0 Å². The average molecular weight is 1270 g/mol. The lowest BCUT2D eigenvalue weighted by Crippen LogP contribution is -2.59. The molecule has 11 atom stereocenters. The number of nitrogens with two attached hydrogens (primary N) is 1. The van der Waals surface area contributed by atoms with Crippen LogP contribution in [0, 0.1) is 29.6 Å². The Labute approximate surface area is 518 Å². The number of carbonyl (C=O) groups is 10. The molecule has 3 rings (SSSR count). The zero-order valence-corrected chi connectivity index (χ0v) is 55.2. The highest BCUT2D eigenvalue weighted by Crippen LogP contribution is 2.31. The fourth-order valence-corrected chi connectivity index (χ4v) is 12.8. The van der Waals surface area contributed by atoms with Crippen LogP contribution in [-0.2, 0) is 67.4 Å². The summed E-state index contributed by atoms with van der Waals surface area (Å²) in [5, 5.41) is 13.1. The molecular weight excluding hydrogens is 1170 g/mol. The lowest BCUT2D eigenvalue weighted by molar-refractivity contribution is -0.148. The number of anilines is 1. The normalized spacial score (nSPS) is 18.6. The summed E-state index contributed by atoms with van der Waals surface area (Å²) in [6, 6.07) is -0.693. The number of hydrogen-bond acceptors (Lipinski definition) is 17. The number of ether oxygens (including phenoxy) is 3. The number of thioether (sulfide) groups is 1. The van der Waals surface area contributed by atoms with Crippen molar-refractivity contribution in [2.75, 3.05) is 79.8 Å². The molecule has 0 radical (unpaired) electrons. The summed E-state index contributed by atoms with van der Waals surface area (Å²) >= 11 is 1.33. The number of carbonyl (C=O) groups excluding carboxylic acids is 10. The van der Waals surface area contributed by atoms with E-state index in [9.17, 15) is 56.4 Å². The summed E-state index contributed by atoms with van der Waals surface area (Å²) in [4.78, 5) is 139. The van der Waals surface area contributed by atoms with Crippen molar-refractivity contribution >= 4 is 86.7 Å². The average Bonchev–Trinajstić information content (AvgIpc) is 2.93. The topological polar surface area (TPSA) is 344 Å². The highest BCUT2D eigenvalue weighted by atomic mass is 32.2. The summed E-state index contributed by atoms with van der Waals surface area (Å²) in [6.45, 7) is 17.3. The van der Waals surface area contributed by atoms with Crippen LogP contribution in [0.4, 0.5) is 10.5 Å². The second-order valence-corrected chi connectivity index (χ2v) is 26.5. The molecule has 11 amide bonds. The van der Waals surface area contributed by atoms with E-state index in [4.69, 9.17) is 19.9 Å². The zero-order chi connectivity index (χ0) is 65.6. The van der Waals surface area contributed by atoms with E-state index in [0.29, 0.717) is 32.2 Å². The van der Waals surface area contributed by atoms with Crippen molar-refractivity contribution in [1.29, 1.82) is 0 Å². The number of primary amides is 1. The second kappa shape index (κ2) is 35.9. The Morgan fingerprint density at radius 1 is 0.805 bits per heavy atom. The van der Waals surface area contributed by atoms with Crippen LogP contribution < -0.4 is 37.0 Å². The van der Waals surface area contributed by atoms with Crippen molar-refractivity contribution in [3.8, 4) is 0 Å². The molecule has 1 aromatic carbocycles. The molecule has 2 aliphatic heterocycles. The first-order chi connectivity index (χ1) is 40.9. The summed E-state index contributed by atoms with van der Waals surface area (Å²) in [5.41, 5.74) is 5.35. The van der Waals surface area contributed by atoms with Gasteiger partial charge in [0.15, 0.2) is 0 Å². The smallest absolute Gasteiger partial charge is 0.312 e. The Hall–Kier alpha value is -5.94. The summed E-state index contributed by atoms with van der Waals surface area (Å²) in [6.07, 6.45) is 2.22. The minimum Gasteiger partial charge on any atom is -0.381 e. The molecule has 0 aromatic heterocycles. The number of nitrogens with zero attached hydrogens (tertiary/aromatic N) is 4.